The van der Waals surface area contributed by atoms with Crippen molar-refractivity contribution in [2.45, 2.75) is 13.3 Å². The number of aryl methyl sites for hydroxylation is 1. The van der Waals surface area contributed by atoms with E-state index in [9.17, 15) is 4.79 Å². The molecule has 1 amide bonds. The van der Waals surface area contributed by atoms with Crippen LogP contribution in [0.4, 0.5) is 5.69 Å². The van der Waals surface area contributed by atoms with Crippen LogP contribution in [0.5, 0.6) is 11.5 Å². The Balaban J connectivity index is 1.48. The zero-order valence-electron chi connectivity index (χ0n) is 18.2. The van der Waals surface area contributed by atoms with Crippen molar-refractivity contribution >= 4 is 33.0 Å². The van der Waals surface area contributed by atoms with Gasteiger partial charge in [0.2, 0.25) is 0 Å². The van der Waals surface area contributed by atoms with Crippen molar-refractivity contribution in [2.75, 3.05) is 5.32 Å². The van der Waals surface area contributed by atoms with Gasteiger partial charge in [-0.2, -0.15) is 0 Å². The number of hydrogen-bond donors (Lipinski definition) is 1. The van der Waals surface area contributed by atoms with Crippen LogP contribution in [0.15, 0.2) is 103 Å². The van der Waals surface area contributed by atoms with Gasteiger partial charge in [-0.1, -0.05) is 78.4 Å². The van der Waals surface area contributed by atoms with Crippen molar-refractivity contribution in [3.8, 4) is 11.5 Å². The predicted octanol–water partition coefficient (Wildman–Crippen LogP) is 7.85. The Hall–Kier alpha value is -3.89. The van der Waals surface area contributed by atoms with Crippen molar-refractivity contribution in [2.24, 2.45) is 0 Å². The zero-order valence-corrected chi connectivity index (χ0v) is 19.1. The number of anilines is 1. The Morgan fingerprint density at radius 1 is 0.818 bits per heavy atom. The van der Waals surface area contributed by atoms with E-state index in [-0.39, 0.29) is 5.91 Å². The minimum atomic E-state index is -0.123. The molecule has 3 nitrogen and oxygen atoms in total. The molecular formula is C29H23NO2S. The van der Waals surface area contributed by atoms with Gasteiger partial charge in [0.1, 0.15) is 5.75 Å². The molecule has 0 aliphatic carbocycles. The van der Waals surface area contributed by atoms with Gasteiger partial charge >= 0.3 is 0 Å². The molecular weight excluding hydrogens is 426 g/mol. The first-order valence-electron chi connectivity index (χ1n) is 10.9. The second-order valence-electron chi connectivity index (χ2n) is 7.93. The Labute approximate surface area is 197 Å². The average Bonchev–Trinajstić information content (AvgIpc) is 3.21. The van der Waals surface area contributed by atoms with E-state index >= 15 is 0 Å². The summed E-state index contributed by atoms with van der Waals surface area (Å²) < 4.78 is 7.14. The highest BCUT2D eigenvalue weighted by Crippen LogP contribution is 2.35. The molecule has 4 aromatic carbocycles. The molecule has 0 radical (unpaired) electrons. The molecule has 1 aromatic heterocycles. The van der Waals surface area contributed by atoms with Crippen LogP contribution < -0.4 is 10.1 Å². The Bertz CT molecular complexity index is 1410. The maximum absolute atomic E-state index is 13.5. The standard InChI is InChI=1S/C29H23NO2S/c1-20-15-17-21(18-16-20)19-24-23-11-5-8-14-27(23)33-28(24)29(31)30-25-12-6-7-13-26(25)32-22-9-3-2-4-10-22/h2-18H,19H2,1H3,(H,30,31). The highest BCUT2D eigenvalue weighted by atomic mass is 32.1. The van der Waals surface area contributed by atoms with Crippen LogP contribution in [0.2, 0.25) is 0 Å². The molecule has 33 heavy (non-hydrogen) atoms. The monoisotopic (exact) mass is 449 g/mol. The number of nitrogens with one attached hydrogen (secondary N) is 1. The second kappa shape index (κ2) is 9.31. The van der Waals surface area contributed by atoms with Gasteiger partial charge in [0, 0.05) is 4.70 Å². The van der Waals surface area contributed by atoms with E-state index in [4.69, 9.17) is 4.74 Å². The molecule has 4 heteroatoms. The average molecular weight is 450 g/mol. The van der Waals surface area contributed by atoms with Crippen LogP contribution in [0, 0.1) is 6.92 Å². The van der Waals surface area contributed by atoms with Gasteiger partial charge in [-0.05, 0) is 60.2 Å². The SMILES string of the molecule is Cc1ccc(Cc2c(C(=O)Nc3ccccc3Oc3ccccc3)sc3ccccc23)cc1. The summed E-state index contributed by atoms with van der Waals surface area (Å²) in [5.74, 6) is 1.21. The largest absolute Gasteiger partial charge is 0.455 e. The number of para-hydroxylation sites is 3. The summed E-state index contributed by atoms with van der Waals surface area (Å²) in [5.41, 5.74) is 4.11. The van der Waals surface area contributed by atoms with Crippen LogP contribution in [0.3, 0.4) is 0 Å². The van der Waals surface area contributed by atoms with Gasteiger partial charge < -0.3 is 10.1 Å². The number of rotatable bonds is 6. The Morgan fingerprint density at radius 2 is 1.52 bits per heavy atom. The van der Waals surface area contributed by atoms with E-state index in [1.807, 2.05) is 66.7 Å². The zero-order chi connectivity index (χ0) is 22.6. The van der Waals surface area contributed by atoms with E-state index in [1.165, 1.54) is 22.5 Å². The smallest absolute Gasteiger partial charge is 0.266 e. The fraction of sp³-hybridized carbons (Fsp3) is 0.0690. The lowest BCUT2D eigenvalue weighted by molar-refractivity contribution is 0.102. The van der Waals surface area contributed by atoms with Crippen molar-refractivity contribution in [1.29, 1.82) is 0 Å². The minimum Gasteiger partial charge on any atom is -0.455 e. The van der Waals surface area contributed by atoms with Crippen molar-refractivity contribution in [3.63, 3.8) is 0 Å². The minimum absolute atomic E-state index is 0.123. The molecule has 0 saturated heterocycles. The number of benzene rings is 4. The predicted molar refractivity (Wildman–Crippen MR) is 137 cm³/mol. The highest BCUT2D eigenvalue weighted by molar-refractivity contribution is 7.21. The van der Waals surface area contributed by atoms with Gasteiger partial charge in [-0.15, -0.1) is 11.3 Å². The highest BCUT2D eigenvalue weighted by Gasteiger charge is 2.20. The second-order valence-corrected chi connectivity index (χ2v) is 8.99. The third-order valence-electron chi connectivity index (χ3n) is 5.51. The Kier molecular flexibility index (Phi) is 5.92. The van der Waals surface area contributed by atoms with E-state index in [0.29, 0.717) is 17.9 Å². The number of ether oxygens (including phenoxy) is 1. The van der Waals surface area contributed by atoms with Gasteiger partial charge in [0.15, 0.2) is 5.75 Å². The van der Waals surface area contributed by atoms with Crippen LogP contribution in [0.1, 0.15) is 26.4 Å². The molecule has 0 spiro atoms. The van der Waals surface area contributed by atoms with E-state index in [1.54, 1.807) is 0 Å². The lowest BCUT2D eigenvalue weighted by atomic mass is 10.0. The molecule has 162 valence electrons. The molecule has 0 unspecified atom stereocenters. The molecule has 0 aliphatic rings. The van der Waals surface area contributed by atoms with Crippen LogP contribution >= 0.6 is 11.3 Å². The third kappa shape index (κ3) is 4.66. The fourth-order valence-electron chi connectivity index (χ4n) is 3.82. The first kappa shape index (κ1) is 21.0. The summed E-state index contributed by atoms with van der Waals surface area (Å²) in [6.07, 6.45) is 0.704. The maximum atomic E-state index is 13.5. The van der Waals surface area contributed by atoms with E-state index in [2.05, 4.69) is 48.6 Å². The summed E-state index contributed by atoms with van der Waals surface area (Å²) in [6.45, 7) is 2.08. The first-order valence-corrected chi connectivity index (χ1v) is 11.7. The number of thiophene rings is 1. The number of carbonyl (C=O) groups excluding carboxylic acids is 1. The Morgan fingerprint density at radius 3 is 2.33 bits per heavy atom. The number of fused-ring (bicyclic) bond motifs is 1. The van der Waals surface area contributed by atoms with Crippen LogP contribution in [-0.2, 0) is 6.42 Å². The molecule has 0 saturated carbocycles. The van der Waals surface area contributed by atoms with Crippen molar-refractivity contribution in [3.05, 3.63) is 125 Å². The number of hydrogen-bond acceptors (Lipinski definition) is 3. The number of carbonyl (C=O) groups is 1. The normalized spacial score (nSPS) is 10.8. The lowest BCUT2D eigenvalue weighted by Gasteiger charge is -2.12. The van der Waals surface area contributed by atoms with Gasteiger partial charge in [0.25, 0.3) is 5.91 Å². The third-order valence-corrected chi connectivity index (χ3v) is 6.72. The summed E-state index contributed by atoms with van der Waals surface area (Å²) in [6, 6.07) is 33.8. The first-order chi connectivity index (χ1) is 16.2. The topological polar surface area (TPSA) is 38.3 Å². The van der Waals surface area contributed by atoms with E-state index in [0.717, 1.165) is 26.3 Å². The maximum Gasteiger partial charge on any atom is 0.266 e. The van der Waals surface area contributed by atoms with E-state index < -0.39 is 0 Å². The van der Waals surface area contributed by atoms with Crippen molar-refractivity contribution in [1.82, 2.24) is 0 Å². The summed E-state index contributed by atoms with van der Waals surface area (Å²) in [5, 5.41) is 4.22. The molecule has 5 rings (SSSR count). The van der Waals surface area contributed by atoms with Crippen LogP contribution in [-0.4, -0.2) is 5.91 Å². The van der Waals surface area contributed by atoms with Gasteiger partial charge in [-0.25, -0.2) is 0 Å². The lowest BCUT2D eigenvalue weighted by Crippen LogP contribution is -2.13. The van der Waals surface area contributed by atoms with Crippen LogP contribution in [0.25, 0.3) is 10.1 Å². The molecule has 1 heterocycles. The van der Waals surface area contributed by atoms with Gasteiger partial charge in [-0.3, -0.25) is 4.79 Å². The molecule has 0 atom stereocenters. The van der Waals surface area contributed by atoms with Gasteiger partial charge in [0.05, 0.1) is 10.6 Å². The summed E-state index contributed by atoms with van der Waals surface area (Å²) >= 11 is 1.53. The molecule has 0 aliphatic heterocycles. The molecule has 1 N–H and O–H groups in total. The van der Waals surface area contributed by atoms with Crippen molar-refractivity contribution < 1.29 is 9.53 Å². The summed E-state index contributed by atoms with van der Waals surface area (Å²) in [4.78, 5) is 14.2. The molecule has 0 fully saturated rings. The number of amides is 1. The molecule has 0 bridgehead atoms. The fourth-order valence-corrected chi connectivity index (χ4v) is 4.94. The summed E-state index contributed by atoms with van der Waals surface area (Å²) in [7, 11) is 0. The molecule has 5 aromatic rings. The quantitative estimate of drug-likeness (QED) is 0.287.